The van der Waals surface area contributed by atoms with Crippen LogP contribution in [0, 0.1) is 24.1 Å². The number of terminal acetylenes is 1. The molecule has 1 aromatic heterocycles. The second-order valence-corrected chi connectivity index (χ2v) is 11.8. The molecule has 0 bridgehead atoms. The number of hydrogen-bond donors (Lipinski definition) is 1. The Morgan fingerprint density at radius 1 is 1.18 bits per heavy atom. The van der Waals surface area contributed by atoms with Crippen LogP contribution in [0.5, 0.6) is 11.5 Å². The van der Waals surface area contributed by atoms with Gasteiger partial charge in [-0.15, -0.1) is 6.42 Å². The van der Waals surface area contributed by atoms with Crippen LogP contribution in [-0.4, -0.2) is 60.9 Å². The van der Waals surface area contributed by atoms with Gasteiger partial charge in [-0.05, 0) is 68.2 Å². The Hall–Kier alpha value is -4.94. The van der Waals surface area contributed by atoms with E-state index >= 15 is 4.39 Å². The van der Waals surface area contributed by atoms with E-state index in [1.807, 2.05) is 58.9 Å². The fourth-order valence-electron chi connectivity index (χ4n) is 6.91. The number of pyridine rings is 1. The number of anilines is 1. The molecular weight excluding hydrogens is 569 g/mol. The van der Waals surface area contributed by atoms with Crippen molar-refractivity contribution in [2.75, 3.05) is 44.2 Å². The van der Waals surface area contributed by atoms with Crippen molar-refractivity contribution < 1.29 is 13.9 Å². The van der Waals surface area contributed by atoms with Gasteiger partial charge in [0.2, 0.25) is 5.43 Å². The normalized spacial score (nSPS) is 18.0. The first-order valence-corrected chi connectivity index (χ1v) is 15.5. The van der Waals surface area contributed by atoms with E-state index in [0.29, 0.717) is 36.6 Å². The van der Waals surface area contributed by atoms with Gasteiger partial charge in [0, 0.05) is 44.0 Å². The number of nitrogens with zero attached hydrogens (tertiary/aromatic N) is 4. The molecule has 3 aromatic carbocycles. The summed E-state index contributed by atoms with van der Waals surface area (Å²) in [6.45, 7) is 6.16. The third-order valence-corrected chi connectivity index (χ3v) is 9.13. The van der Waals surface area contributed by atoms with Gasteiger partial charge in [-0.2, -0.15) is 0 Å². The van der Waals surface area contributed by atoms with Gasteiger partial charge in [-0.1, -0.05) is 36.3 Å². The number of rotatable bonds is 7. The number of aliphatic imine (C=N–C) groups is 1. The molecule has 8 nitrogen and oxygen atoms in total. The fraction of sp³-hybridized carbons (Fsp3) is 0.306. The van der Waals surface area contributed by atoms with E-state index < -0.39 is 17.2 Å². The number of nitrogens with one attached hydrogen (secondary N) is 1. The van der Waals surface area contributed by atoms with Gasteiger partial charge in [0.15, 0.2) is 17.3 Å². The Morgan fingerprint density at radius 2 is 1.96 bits per heavy atom. The van der Waals surface area contributed by atoms with E-state index in [1.54, 1.807) is 6.20 Å². The highest BCUT2D eigenvalue weighted by Gasteiger charge is 2.34. The quantitative estimate of drug-likeness (QED) is 0.192. The third kappa shape index (κ3) is 5.15. The van der Waals surface area contributed by atoms with Crippen LogP contribution < -0.4 is 20.4 Å². The summed E-state index contributed by atoms with van der Waals surface area (Å²) in [5, 5.41) is 4.95. The van der Waals surface area contributed by atoms with E-state index in [1.165, 1.54) is 12.3 Å². The molecule has 2 fully saturated rings. The Labute approximate surface area is 260 Å². The highest BCUT2D eigenvalue weighted by Crippen LogP contribution is 2.48. The summed E-state index contributed by atoms with van der Waals surface area (Å²) >= 11 is 0. The predicted octanol–water partition coefficient (Wildman–Crippen LogP) is 5.65. The Bertz CT molecular complexity index is 2000. The minimum Gasteiger partial charge on any atom is -0.451 e. The molecule has 0 saturated carbocycles. The highest BCUT2D eigenvalue weighted by molar-refractivity contribution is 6.02. The van der Waals surface area contributed by atoms with Crippen molar-refractivity contribution in [2.45, 2.75) is 26.2 Å². The average molecular weight is 604 g/mol. The lowest BCUT2D eigenvalue weighted by atomic mass is 10.0. The molecule has 4 heterocycles. The summed E-state index contributed by atoms with van der Waals surface area (Å²) in [6.07, 6.45) is 13.4. The zero-order valence-electron chi connectivity index (χ0n) is 25.2. The second-order valence-electron chi connectivity index (χ2n) is 11.8. The number of ether oxygens (including phenoxy) is 1. The summed E-state index contributed by atoms with van der Waals surface area (Å²) in [5.74, 6) is 2.22. The molecule has 0 aliphatic carbocycles. The lowest BCUT2D eigenvalue weighted by Gasteiger charge is -2.29. The number of carbonyl (C=O) groups is 1. The van der Waals surface area contributed by atoms with Gasteiger partial charge in [0.05, 0.1) is 17.3 Å². The molecule has 7 rings (SSSR count). The van der Waals surface area contributed by atoms with Crippen molar-refractivity contribution in [3.05, 3.63) is 82.0 Å². The van der Waals surface area contributed by atoms with Crippen LogP contribution in [-0.2, 0) is 0 Å². The summed E-state index contributed by atoms with van der Waals surface area (Å²) in [6, 6.07) is 13.0. The van der Waals surface area contributed by atoms with E-state index in [9.17, 15) is 9.59 Å². The molecule has 0 spiro atoms. The topological polar surface area (TPSA) is 79.2 Å². The minimum absolute atomic E-state index is 0.0339. The summed E-state index contributed by atoms with van der Waals surface area (Å²) in [5.41, 5.74) is 1.69. The van der Waals surface area contributed by atoms with Gasteiger partial charge < -0.3 is 24.4 Å². The number of carbonyl (C=O) groups excluding carboxylic acids is 1. The maximum Gasteiger partial charge on any atom is 0.256 e. The van der Waals surface area contributed by atoms with Gasteiger partial charge in [-0.3, -0.25) is 14.6 Å². The van der Waals surface area contributed by atoms with Crippen molar-refractivity contribution in [2.24, 2.45) is 10.9 Å². The molecule has 1 N–H and O–H groups in total. The largest absolute Gasteiger partial charge is 0.451 e. The maximum atomic E-state index is 16.3. The number of amides is 1. The van der Waals surface area contributed by atoms with Crippen LogP contribution in [0.25, 0.3) is 27.4 Å². The standard InChI is InChI=1S/C36H34FN5O3/c1-3-12-38-29(4-2)25-11-16-41(21-25)33-28(37)20-26-32-35(33)45-31-19-24-10-6-5-9-23(24)18-30(31)42(32)22-27(34(26)43)36(44)39-13-17-40-14-7-8-15-40/h1,4-6,9-10,12,18-20,22,25H,7-8,11,13-17,21H2,2H3,(H,39,44)/b29-4-,38-12?. The van der Waals surface area contributed by atoms with Crippen LogP contribution >= 0.6 is 0 Å². The van der Waals surface area contributed by atoms with Crippen LogP contribution in [0.2, 0.25) is 0 Å². The molecule has 45 heavy (non-hydrogen) atoms. The molecule has 4 aromatic rings. The highest BCUT2D eigenvalue weighted by atomic mass is 19.1. The summed E-state index contributed by atoms with van der Waals surface area (Å²) in [7, 11) is 0. The number of benzene rings is 3. The molecule has 9 heteroatoms. The first-order chi connectivity index (χ1) is 22.0. The van der Waals surface area contributed by atoms with Crippen molar-refractivity contribution in [3.8, 4) is 29.5 Å². The van der Waals surface area contributed by atoms with Crippen molar-refractivity contribution in [3.63, 3.8) is 0 Å². The Kier molecular flexibility index (Phi) is 7.60. The van der Waals surface area contributed by atoms with Gasteiger partial charge in [0.1, 0.15) is 16.8 Å². The van der Waals surface area contributed by atoms with Crippen LogP contribution in [0.3, 0.4) is 0 Å². The van der Waals surface area contributed by atoms with Crippen LogP contribution in [0.4, 0.5) is 10.1 Å². The van der Waals surface area contributed by atoms with E-state index in [4.69, 9.17) is 11.2 Å². The molecule has 0 radical (unpaired) electrons. The van der Waals surface area contributed by atoms with Gasteiger partial charge in [0.25, 0.3) is 5.91 Å². The molecule has 2 saturated heterocycles. The number of hydrogen-bond acceptors (Lipinski definition) is 6. The average Bonchev–Trinajstić information content (AvgIpc) is 3.75. The molecule has 1 amide bonds. The van der Waals surface area contributed by atoms with Crippen LogP contribution in [0.1, 0.15) is 36.5 Å². The second kappa shape index (κ2) is 11.9. The smallest absolute Gasteiger partial charge is 0.256 e. The molecule has 1 atom stereocenters. The van der Waals surface area contributed by atoms with Gasteiger partial charge >= 0.3 is 0 Å². The Balaban J connectivity index is 1.35. The predicted molar refractivity (Wildman–Crippen MR) is 176 cm³/mol. The maximum absolute atomic E-state index is 16.3. The van der Waals surface area contributed by atoms with Crippen molar-refractivity contribution >= 4 is 39.5 Å². The number of likely N-dealkylation sites (tertiary alicyclic amines) is 1. The lowest BCUT2D eigenvalue weighted by molar-refractivity contribution is 0.0948. The van der Waals surface area contributed by atoms with E-state index in [-0.39, 0.29) is 28.3 Å². The zero-order valence-corrected chi connectivity index (χ0v) is 25.2. The molecule has 228 valence electrons. The minimum atomic E-state index is -0.577. The number of fused-ring (bicyclic) bond motifs is 3. The third-order valence-electron chi connectivity index (χ3n) is 9.13. The lowest BCUT2D eigenvalue weighted by Crippen LogP contribution is -2.36. The number of aromatic nitrogens is 1. The van der Waals surface area contributed by atoms with E-state index in [0.717, 1.165) is 55.4 Å². The van der Waals surface area contributed by atoms with E-state index in [2.05, 4.69) is 21.1 Å². The van der Waals surface area contributed by atoms with Gasteiger partial charge in [-0.25, -0.2) is 4.39 Å². The first-order valence-electron chi connectivity index (χ1n) is 15.5. The monoisotopic (exact) mass is 603 g/mol. The summed E-state index contributed by atoms with van der Waals surface area (Å²) in [4.78, 5) is 36.0. The number of halogens is 1. The number of allylic oxidation sites excluding steroid dienone is 1. The Morgan fingerprint density at radius 3 is 2.71 bits per heavy atom. The van der Waals surface area contributed by atoms with Crippen molar-refractivity contribution in [1.29, 1.82) is 0 Å². The molecule has 3 aliphatic heterocycles. The van der Waals surface area contributed by atoms with Crippen molar-refractivity contribution in [1.82, 2.24) is 14.8 Å². The first kappa shape index (κ1) is 28.8. The molecular formula is C36H34FN5O3. The summed E-state index contributed by atoms with van der Waals surface area (Å²) < 4.78 is 24.6. The molecule has 1 unspecified atom stereocenters. The SMILES string of the molecule is C#CC=N/C(=C\C)C1CCN(c2c(F)cc3c(=O)c(C(=O)NCCN4CCCC4)cn4c3c2Oc2cc3ccccc3cc2-4)C1. The zero-order chi connectivity index (χ0) is 31.1. The fourth-order valence-corrected chi connectivity index (χ4v) is 6.91. The molecule has 3 aliphatic rings. The van der Waals surface area contributed by atoms with Crippen LogP contribution in [0.15, 0.2) is 70.2 Å².